The molecule has 0 spiro atoms. The van der Waals surface area contributed by atoms with Crippen LogP contribution in [-0.4, -0.2) is 96.7 Å². The molecule has 616 valence electrons. The number of allylic oxidation sites excluding steroid dienone is 26. The third-order valence-electron chi connectivity index (χ3n) is 17.0. The van der Waals surface area contributed by atoms with Crippen LogP contribution in [0.5, 0.6) is 0 Å². The number of rotatable bonds is 77. The van der Waals surface area contributed by atoms with Gasteiger partial charge in [0.05, 0.1) is 26.4 Å². The first kappa shape index (κ1) is 103. The van der Waals surface area contributed by atoms with E-state index in [2.05, 4.69) is 167 Å². The van der Waals surface area contributed by atoms with Crippen LogP contribution in [0.2, 0.25) is 0 Å². The Bertz CT molecular complexity index is 2660. The van der Waals surface area contributed by atoms with Gasteiger partial charge in [0.1, 0.15) is 19.3 Å². The molecule has 108 heavy (non-hydrogen) atoms. The summed E-state index contributed by atoms with van der Waals surface area (Å²) < 4.78 is 68.7. The minimum absolute atomic E-state index is 0.0309. The van der Waals surface area contributed by atoms with E-state index >= 15 is 0 Å². The molecule has 5 atom stereocenters. The van der Waals surface area contributed by atoms with Crippen LogP contribution in [0.25, 0.3) is 0 Å². The Morgan fingerprint density at radius 3 is 0.806 bits per heavy atom. The number of carbonyl (C=O) groups excluding carboxylic acids is 4. The van der Waals surface area contributed by atoms with Crippen LogP contribution in [-0.2, 0) is 65.4 Å². The number of aliphatic hydroxyl groups is 1. The lowest BCUT2D eigenvalue weighted by Gasteiger charge is -2.21. The fourth-order valence-corrected chi connectivity index (χ4v) is 12.3. The van der Waals surface area contributed by atoms with Gasteiger partial charge in [-0.2, -0.15) is 0 Å². The molecule has 17 nitrogen and oxygen atoms in total. The van der Waals surface area contributed by atoms with Crippen molar-refractivity contribution in [1.82, 2.24) is 0 Å². The molecule has 0 rings (SSSR count). The summed E-state index contributed by atoms with van der Waals surface area (Å²) in [6, 6.07) is 0. The molecule has 0 amide bonds. The molecule has 0 heterocycles. The average molecular weight is 1550 g/mol. The molecule has 0 radical (unpaired) electrons. The monoisotopic (exact) mass is 1550 g/mol. The number of carbonyl (C=O) groups is 4. The molecule has 0 aliphatic carbocycles. The van der Waals surface area contributed by atoms with Crippen molar-refractivity contribution in [1.29, 1.82) is 0 Å². The van der Waals surface area contributed by atoms with Crippen LogP contribution in [0.4, 0.5) is 0 Å². The van der Waals surface area contributed by atoms with E-state index in [4.69, 9.17) is 37.0 Å². The molecule has 0 saturated carbocycles. The first-order valence-electron chi connectivity index (χ1n) is 41.7. The SMILES string of the molecule is CC/C=C\C/C=C\C/C=C\C/C=C\C/C=C\C/C=C\CCC(=O)OCC(COP(=O)(O)OCC(O)COP(=O)(O)OCC(COC(=O)CCCCCCCCC/C=C\C/C=C\C/C=C\CC)OC(=O)CCCCCCCCC/C=C\C/C=C\C/C=C\CC)OC(=O)CCCCCCC/C=C\CCCCCCCC. The van der Waals surface area contributed by atoms with Gasteiger partial charge in [0.25, 0.3) is 0 Å². The Morgan fingerprint density at radius 2 is 0.500 bits per heavy atom. The lowest BCUT2D eigenvalue weighted by atomic mass is 10.1. The Labute approximate surface area is 655 Å². The second kappa shape index (κ2) is 79.8. The number of ether oxygens (including phenoxy) is 4. The van der Waals surface area contributed by atoms with Crippen molar-refractivity contribution < 1.29 is 80.2 Å². The van der Waals surface area contributed by atoms with E-state index in [9.17, 15) is 43.2 Å². The molecular weight excluding hydrogens is 1400 g/mol. The molecule has 0 aliphatic heterocycles. The average Bonchev–Trinajstić information content (AvgIpc) is 0.901. The highest BCUT2D eigenvalue weighted by Crippen LogP contribution is 2.45. The Balaban J connectivity index is 5.46. The summed E-state index contributed by atoms with van der Waals surface area (Å²) in [6.07, 6.45) is 93.6. The predicted molar refractivity (Wildman–Crippen MR) is 445 cm³/mol. The summed E-state index contributed by atoms with van der Waals surface area (Å²) >= 11 is 0. The highest BCUT2D eigenvalue weighted by atomic mass is 31.2. The lowest BCUT2D eigenvalue weighted by Crippen LogP contribution is -2.30. The first-order chi connectivity index (χ1) is 52.7. The van der Waals surface area contributed by atoms with Gasteiger partial charge < -0.3 is 33.8 Å². The number of hydrogen-bond acceptors (Lipinski definition) is 15. The zero-order valence-electron chi connectivity index (χ0n) is 67.5. The van der Waals surface area contributed by atoms with E-state index in [1.54, 1.807) is 0 Å². The van der Waals surface area contributed by atoms with Gasteiger partial charge in [-0.05, 0) is 154 Å². The molecule has 0 aromatic rings. The molecule has 0 saturated heterocycles. The maximum absolute atomic E-state index is 13.1. The molecule has 19 heteroatoms. The smallest absolute Gasteiger partial charge is 0.462 e. The quantitative estimate of drug-likeness (QED) is 0.0169. The van der Waals surface area contributed by atoms with E-state index in [1.807, 2.05) is 18.2 Å². The second-order valence-corrected chi connectivity index (χ2v) is 30.2. The van der Waals surface area contributed by atoms with Crippen molar-refractivity contribution in [2.24, 2.45) is 0 Å². The van der Waals surface area contributed by atoms with E-state index in [-0.39, 0.29) is 25.7 Å². The second-order valence-electron chi connectivity index (χ2n) is 27.3. The Kier molecular flexibility index (Phi) is 75.8. The van der Waals surface area contributed by atoms with Crippen LogP contribution < -0.4 is 0 Å². The van der Waals surface area contributed by atoms with Crippen LogP contribution in [0.15, 0.2) is 158 Å². The zero-order chi connectivity index (χ0) is 78.9. The zero-order valence-corrected chi connectivity index (χ0v) is 69.3. The standard InChI is InChI=1S/C89H148O17P2/c1-5-9-13-17-21-25-29-33-37-40-41-44-47-50-54-58-62-66-70-74-87(92)100-79-84(105-88(93)75-71-67-63-59-55-51-45-36-32-28-24-20-16-12-8-4)81-103-107(95,96)101-77-83(90)78-102-108(97,98)104-82-85(106-89(94)76-72-68-64-60-56-52-48-43-39-35-31-27-23-19-15-11-7-3)80-99-86(91)73-69-65-61-57-53-49-46-42-38-34-30-26-22-18-14-10-6-2/h9-11,13-15,21-23,25-27,33-39,41,44-45,50,54,62,66,83-85,90H,5-8,12,16-20,24,28-32,40,42-43,46-49,51-53,55-61,63-65,67-82H2,1-4H3,(H,95,96)(H,97,98)/b13-9-,14-10-,15-11-,25-21-,26-22-,27-23-,37-33-,38-34-,39-35-,44-41-,45-36-,54-50-,66-62-. The number of phosphoric acid groups is 2. The minimum Gasteiger partial charge on any atom is -0.462 e. The Hall–Kier alpha value is -5.32. The number of phosphoric ester groups is 2. The van der Waals surface area contributed by atoms with Gasteiger partial charge >= 0.3 is 39.5 Å². The molecule has 0 fully saturated rings. The minimum atomic E-state index is -5.00. The maximum atomic E-state index is 13.1. The van der Waals surface area contributed by atoms with E-state index in [0.29, 0.717) is 32.1 Å². The normalized spacial score (nSPS) is 14.6. The summed E-state index contributed by atoms with van der Waals surface area (Å²) in [4.78, 5) is 73.2. The fraction of sp³-hybridized carbons (Fsp3) is 0.663. The van der Waals surface area contributed by atoms with Gasteiger partial charge in [0, 0.05) is 25.7 Å². The maximum Gasteiger partial charge on any atom is 0.472 e. The van der Waals surface area contributed by atoms with Gasteiger partial charge in [0.15, 0.2) is 12.2 Å². The van der Waals surface area contributed by atoms with Gasteiger partial charge in [-0.15, -0.1) is 0 Å². The summed E-state index contributed by atoms with van der Waals surface area (Å²) in [5.41, 5.74) is 0. The molecule has 0 bridgehead atoms. The molecule has 3 N–H and O–H groups in total. The highest BCUT2D eigenvalue weighted by molar-refractivity contribution is 7.47. The number of hydrogen-bond donors (Lipinski definition) is 3. The van der Waals surface area contributed by atoms with Crippen molar-refractivity contribution in [3.05, 3.63) is 158 Å². The molecule has 0 aromatic heterocycles. The van der Waals surface area contributed by atoms with Crippen molar-refractivity contribution >= 4 is 39.5 Å². The third kappa shape index (κ3) is 78.8. The van der Waals surface area contributed by atoms with Crippen molar-refractivity contribution in [2.75, 3.05) is 39.6 Å². The van der Waals surface area contributed by atoms with Gasteiger partial charge in [0.2, 0.25) is 0 Å². The van der Waals surface area contributed by atoms with Crippen molar-refractivity contribution in [3.8, 4) is 0 Å². The highest BCUT2D eigenvalue weighted by Gasteiger charge is 2.30. The van der Waals surface area contributed by atoms with Crippen LogP contribution in [0, 0.1) is 0 Å². The van der Waals surface area contributed by atoms with Crippen molar-refractivity contribution in [3.63, 3.8) is 0 Å². The number of unbranched alkanes of at least 4 members (excludes halogenated alkanes) is 25. The van der Waals surface area contributed by atoms with Crippen LogP contribution in [0.1, 0.15) is 323 Å². The van der Waals surface area contributed by atoms with Gasteiger partial charge in [-0.1, -0.05) is 301 Å². The summed E-state index contributed by atoms with van der Waals surface area (Å²) in [5, 5.41) is 10.7. The van der Waals surface area contributed by atoms with Crippen molar-refractivity contribution in [2.45, 2.75) is 341 Å². The summed E-state index contributed by atoms with van der Waals surface area (Å²) in [5.74, 6) is -2.30. The predicted octanol–water partition coefficient (Wildman–Crippen LogP) is 24.8. The largest absolute Gasteiger partial charge is 0.472 e. The summed E-state index contributed by atoms with van der Waals surface area (Å²) in [6.45, 7) is 4.44. The molecule has 5 unspecified atom stereocenters. The van der Waals surface area contributed by atoms with Crippen LogP contribution >= 0.6 is 15.6 Å². The molecular formula is C89H148O17P2. The van der Waals surface area contributed by atoms with E-state index < -0.39 is 97.5 Å². The van der Waals surface area contributed by atoms with E-state index in [1.165, 1.54) is 38.5 Å². The third-order valence-corrected chi connectivity index (χ3v) is 18.9. The lowest BCUT2D eigenvalue weighted by molar-refractivity contribution is -0.161. The van der Waals surface area contributed by atoms with Crippen LogP contribution in [0.3, 0.4) is 0 Å². The number of esters is 4. The molecule has 0 aromatic carbocycles. The fourth-order valence-electron chi connectivity index (χ4n) is 10.7. The topological polar surface area (TPSA) is 237 Å². The van der Waals surface area contributed by atoms with Gasteiger partial charge in [-0.25, -0.2) is 9.13 Å². The summed E-state index contributed by atoms with van der Waals surface area (Å²) in [7, 11) is -10.0. The van der Waals surface area contributed by atoms with E-state index in [0.717, 1.165) is 199 Å². The Morgan fingerprint density at radius 1 is 0.269 bits per heavy atom. The molecule has 0 aliphatic rings. The first-order valence-corrected chi connectivity index (χ1v) is 44.7. The van der Waals surface area contributed by atoms with Gasteiger partial charge in [-0.3, -0.25) is 37.3 Å². The number of aliphatic hydroxyl groups excluding tert-OH is 1.